The number of hydrogen-bond donors (Lipinski definition) is 1. The average Bonchev–Trinajstić information content (AvgIpc) is 2.59. The van der Waals surface area contributed by atoms with Crippen LogP contribution in [-0.4, -0.2) is 38.6 Å². The predicted molar refractivity (Wildman–Crippen MR) is 95.6 cm³/mol. The molecule has 140 valence electrons. The second-order valence-corrected chi connectivity index (χ2v) is 5.98. The molecule has 0 saturated carbocycles. The summed E-state index contributed by atoms with van der Waals surface area (Å²) in [6, 6.07) is 6.64. The summed E-state index contributed by atoms with van der Waals surface area (Å²) in [5.74, 6) is -0.493. The second kappa shape index (κ2) is 8.62. The zero-order valence-electron chi connectivity index (χ0n) is 15.2. The number of anilines is 1. The minimum absolute atomic E-state index is 0.0176. The van der Waals surface area contributed by atoms with Gasteiger partial charge in [0.2, 0.25) is 5.91 Å². The Labute approximate surface area is 151 Å². The van der Waals surface area contributed by atoms with Crippen molar-refractivity contribution in [1.29, 1.82) is 0 Å². The van der Waals surface area contributed by atoms with Crippen molar-refractivity contribution < 1.29 is 23.0 Å². The molecule has 0 aliphatic carbocycles. The average molecular weight is 364 g/mol. The molecule has 0 aromatic heterocycles. The van der Waals surface area contributed by atoms with Crippen LogP contribution < -0.4 is 14.8 Å². The Morgan fingerprint density at radius 3 is 2.42 bits per heavy atom. The highest BCUT2D eigenvalue weighted by Crippen LogP contribution is 2.30. The van der Waals surface area contributed by atoms with Crippen LogP contribution in [0.15, 0.2) is 30.3 Å². The number of halogens is 2. The summed E-state index contributed by atoms with van der Waals surface area (Å²) in [5, 5.41) is 2.38. The number of amides is 1. The van der Waals surface area contributed by atoms with Gasteiger partial charge in [0.1, 0.15) is 11.6 Å². The quantitative estimate of drug-likeness (QED) is 0.819. The molecule has 26 heavy (non-hydrogen) atoms. The molecular formula is C19H22F2N2O3. The molecule has 0 bridgehead atoms. The van der Waals surface area contributed by atoms with Crippen molar-refractivity contribution >= 4 is 11.6 Å². The van der Waals surface area contributed by atoms with Crippen molar-refractivity contribution in [2.45, 2.75) is 13.5 Å². The molecule has 0 saturated heterocycles. The molecule has 5 nitrogen and oxygen atoms in total. The van der Waals surface area contributed by atoms with Gasteiger partial charge < -0.3 is 14.8 Å². The van der Waals surface area contributed by atoms with E-state index in [2.05, 4.69) is 5.32 Å². The van der Waals surface area contributed by atoms with Crippen molar-refractivity contribution in [1.82, 2.24) is 4.90 Å². The Morgan fingerprint density at radius 2 is 1.77 bits per heavy atom. The third-order valence-electron chi connectivity index (χ3n) is 3.90. The summed E-state index contributed by atoms with van der Waals surface area (Å²) >= 11 is 0. The molecule has 0 heterocycles. The topological polar surface area (TPSA) is 50.8 Å². The van der Waals surface area contributed by atoms with E-state index >= 15 is 0 Å². The number of methoxy groups -OCH3 is 2. The monoisotopic (exact) mass is 364 g/mol. The fourth-order valence-corrected chi connectivity index (χ4v) is 2.57. The number of carbonyl (C=O) groups is 1. The van der Waals surface area contributed by atoms with E-state index < -0.39 is 17.5 Å². The molecule has 0 radical (unpaired) electrons. The van der Waals surface area contributed by atoms with Crippen LogP contribution in [0.25, 0.3) is 0 Å². The van der Waals surface area contributed by atoms with Crippen LogP contribution in [0.1, 0.15) is 11.1 Å². The Morgan fingerprint density at radius 1 is 1.12 bits per heavy atom. The number of nitrogens with zero attached hydrogens (tertiary/aromatic N) is 1. The van der Waals surface area contributed by atoms with Crippen LogP contribution in [0.4, 0.5) is 14.5 Å². The molecule has 2 aromatic carbocycles. The van der Waals surface area contributed by atoms with E-state index in [1.165, 1.54) is 0 Å². The van der Waals surface area contributed by atoms with E-state index in [4.69, 9.17) is 9.47 Å². The Bertz CT molecular complexity index is 797. The molecule has 0 spiro atoms. The first-order chi connectivity index (χ1) is 12.3. The highest BCUT2D eigenvalue weighted by atomic mass is 19.1. The number of rotatable bonds is 7. The molecule has 0 aliphatic heterocycles. The largest absolute Gasteiger partial charge is 0.493 e. The van der Waals surface area contributed by atoms with Crippen LogP contribution >= 0.6 is 0 Å². The molecule has 0 atom stereocenters. The zero-order chi connectivity index (χ0) is 19.3. The first-order valence-corrected chi connectivity index (χ1v) is 7.99. The maximum Gasteiger partial charge on any atom is 0.238 e. The lowest BCUT2D eigenvalue weighted by atomic mass is 10.1. The lowest BCUT2D eigenvalue weighted by Gasteiger charge is -2.19. The van der Waals surface area contributed by atoms with Gasteiger partial charge in [0.05, 0.1) is 26.5 Å². The van der Waals surface area contributed by atoms with Gasteiger partial charge in [-0.05, 0) is 49.4 Å². The molecule has 1 N–H and O–H groups in total. The van der Waals surface area contributed by atoms with Crippen molar-refractivity contribution in [2.24, 2.45) is 0 Å². The number of benzene rings is 2. The van der Waals surface area contributed by atoms with Gasteiger partial charge in [-0.15, -0.1) is 0 Å². The normalized spacial score (nSPS) is 10.7. The van der Waals surface area contributed by atoms with Gasteiger partial charge in [0.15, 0.2) is 11.5 Å². The summed E-state index contributed by atoms with van der Waals surface area (Å²) in [5.41, 5.74) is 1.78. The first-order valence-electron chi connectivity index (χ1n) is 7.99. The molecule has 2 aromatic rings. The lowest BCUT2D eigenvalue weighted by Crippen LogP contribution is -2.30. The van der Waals surface area contributed by atoms with E-state index in [1.54, 1.807) is 26.2 Å². The number of hydrogen-bond acceptors (Lipinski definition) is 4. The first kappa shape index (κ1) is 19.7. The predicted octanol–water partition coefficient (Wildman–Crippen LogP) is 3.36. The summed E-state index contributed by atoms with van der Waals surface area (Å²) in [7, 11) is 4.89. The standard InChI is InChI=1S/C19H22F2N2O3/c1-12-7-17(25-3)18(26-4)8-13(12)10-23(2)11-19(24)22-16-9-14(20)5-6-15(16)21/h5-9H,10-11H2,1-4H3,(H,22,24). The van der Waals surface area contributed by atoms with Gasteiger partial charge in [-0.2, -0.15) is 0 Å². The summed E-state index contributed by atoms with van der Waals surface area (Å²) in [6.07, 6.45) is 0. The maximum atomic E-state index is 13.6. The van der Waals surface area contributed by atoms with Gasteiger partial charge in [-0.3, -0.25) is 9.69 Å². The smallest absolute Gasteiger partial charge is 0.238 e. The SMILES string of the molecule is COc1cc(C)c(CN(C)CC(=O)Nc2cc(F)ccc2F)cc1OC. The fraction of sp³-hybridized carbons (Fsp3) is 0.316. The third-order valence-corrected chi connectivity index (χ3v) is 3.90. The van der Waals surface area contributed by atoms with Gasteiger partial charge in [-0.1, -0.05) is 0 Å². The Kier molecular flexibility index (Phi) is 6.52. The highest BCUT2D eigenvalue weighted by molar-refractivity contribution is 5.92. The summed E-state index contributed by atoms with van der Waals surface area (Å²) in [6.45, 7) is 2.43. The van der Waals surface area contributed by atoms with Gasteiger partial charge in [0.25, 0.3) is 0 Å². The summed E-state index contributed by atoms with van der Waals surface area (Å²) < 4.78 is 37.3. The minimum Gasteiger partial charge on any atom is -0.493 e. The Hall–Kier alpha value is -2.67. The minimum atomic E-state index is -0.682. The van der Waals surface area contributed by atoms with Crippen LogP contribution in [0.3, 0.4) is 0 Å². The van der Waals surface area contributed by atoms with E-state index in [9.17, 15) is 13.6 Å². The van der Waals surface area contributed by atoms with Gasteiger partial charge >= 0.3 is 0 Å². The van der Waals surface area contributed by atoms with Crippen LogP contribution in [0.2, 0.25) is 0 Å². The van der Waals surface area contributed by atoms with Crippen LogP contribution in [0.5, 0.6) is 11.5 Å². The number of likely N-dealkylation sites (N-methyl/N-ethyl adjacent to an activating group) is 1. The Balaban J connectivity index is 2.03. The number of nitrogens with one attached hydrogen (secondary N) is 1. The highest BCUT2D eigenvalue weighted by Gasteiger charge is 2.14. The van der Waals surface area contributed by atoms with E-state index in [1.807, 2.05) is 19.1 Å². The van der Waals surface area contributed by atoms with Gasteiger partial charge in [-0.25, -0.2) is 8.78 Å². The number of aryl methyl sites for hydroxylation is 1. The van der Waals surface area contributed by atoms with E-state index in [0.29, 0.717) is 18.0 Å². The van der Waals surface area contributed by atoms with Crippen molar-refractivity contribution in [2.75, 3.05) is 33.1 Å². The number of ether oxygens (including phenoxy) is 2. The van der Waals surface area contributed by atoms with E-state index in [0.717, 1.165) is 29.3 Å². The lowest BCUT2D eigenvalue weighted by molar-refractivity contribution is -0.117. The molecule has 0 aliphatic rings. The van der Waals surface area contributed by atoms with Crippen molar-refractivity contribution in [3.05, 3.63) is 53.1 Å². The van der Waals surface area contributed by atoms with Crippen LogP contribution in [0, 0.1) is 18.6 Å². The summed E-state index contributed by atoms with van der Waals surface area (Å²) in [4.78, 5) is 13.9. The van der Waals surface area contributed by atoms with E-state index in [-0.39, 0.29) is 12.2 Å². The van der Waals surface area contributed by atoms with Crippen LogP contribution in [-0.2, 0) is 11.3 Å². The maximum absolute atomic E-state index is 13.6. The fourth-order valence-electron chi connectivity index (χ4n) is 2.57. The second-order valence-electron chi connectivity index (χ2n) is 5.98. The molecule has 0 fully saturated rings. The molecule has 1 amide bonds. The van der Waals surface area contributed by atoms with Gasteiger partial charge in [0, 0.05) is 12.6 Å². The zero-order valence-corrected chi connectivity index (χ0v) is 15.2. The van der Waals surface area contributed by atoms with Crippen molar-refractivity contribution in [3.8, 4) is 11.5 Å². The molecule has 2 rings (SSSR count). The third kappa shape index (κ3) is 4.92. The van der Waals surface area contributed by atoms with Crippen molar-refractivity contribution in [3.63, 3.8) is 0 Å². The molecular weight excluding hydrogens is 342 g/mol. The molecule has 7 heteroatoms. The molecule has 0 unspecified atom stereocenters. The number of carbonyl (C=O) groups excluding carboxylic acids is 1.